The zero-order valence-electron chi connectivity index (χ0n) is 10.3. The van der Waals surface area contributed by atoms with E-state index in [1.54, 1.807) is 0 Å². The molecule has 0 aromatic heterocycles. The van der Waals surface area contributed by atoms with Gasteiger partial charge < -0.3 is 10.2 Å². The van der Waals surface area contributed by atoms with Crippen LogP contribution in [0.4, 0.5) is 18.9 Å². The lowest BCUT2D eigenvalue weighted by Gasteiger charge is -2.27. The van der Waals surface area contributed by atoms with E-state index < -0.39 is 12.7 Å². The third-order valence-electron chi connectivity index (χ3n) is 3.22. The Morgan fingerprint density at radius 2 is 2.06 bits per heavy atom. The maximum Gasteiger partial charge on any atom is 0.401 e. The van der Waals surface area contributed by atoms with Gasteiger partial charge in [-0.2, -0.15) is 13.2 Å². The van der Waals surface area contributed by atoms with Crippen LogP contribution in [-0.2, 0) is 6.42 Å². The van der Waals surface area contributed by atoms with E-state index in [0.717, 1.165) is 18.7 Å². The molecule has 1 aliphatic rings. The van der Waals surface area contributed by atoms with Crippen molar-refractivity contribution in [2.75, 3.05) is 24.5 Å². The Hall–Kier alpha value is -1.23. The molecule has 0 spiro atoms. The molecule has 0 aliphatic carbocycles. The number of halogens is 3. The molecule has 0 amide bonds. The Kier molecular flexibility index (Phi) is 3.80. The first kappa shape index (κ1) is 13.2. The number of hydrogen-bond donors (Lipinski definition) is 1. The van der Waals surface area contributed by atoms with Gasteiger partial charge in [0.05, 0.1) is 6.54 Å². The molecule has 2 rings (SSSR count). The van der Waals surface area contributed by atoms with Gasteiger partial charge in [-0.05, 0) is 25.0 Å². The minimum atomic E-state index is -4.14. The number of hydrogen-bond acceptors (Lipinski definition) is 2. The summed E-state index contributed by atoms with van der Waals surface area (Å²) in [6.07, 6.45) is -3.16. The highest BCUT2D eigenvalue weighted by Gasteiger charge is 2.28. The van der Waals surface area contributed by atoms with E-state index in [1.165, 1.54) is 5.56 Å². The Balaban J connectivity index is 1.89. The van der Waals surface area contributed by atoms with E-state index in [0.29, 0.717) is 6.54 Å². The molecule has 0 bridgehead atoms. The quantitative estimate of drug-likeness (QED) is 0.893. The molecule has 1 aliphatic heterocycles. The molecule has 1 atom stereocenters. The number of para-hydroxylation sites is 1. The normalized spacial score (nSPS) is 16.8. The predicted octanol–water partition coefficient (Wildman–Crippen LogP) is 2.59. The molecule has 2 nitrogen and oxygen atoms in total. The van der Waals surface area contributed by atoms with Crippen molar-refractivity contribution in [2.24, 2.45) is 0 Å². The number of nitrogens with zero attached hydrogens (tertiary/aromatic N) is 1. The maximum absolute atomic E-state index is 12.0. The second-order valence-electron chi connectivity index (χ2n) is 4.67. The van der Waals surface area contributed by atoms with Crippen LogP contribution in [0, 0.1) is 0 Å². The van der Waals surface area contributed by atoms with Crippen molar-refractivity contribution >= 4 is 5.69 Å². The SMILES string of the molecule is CC(CNCC(F)(F)F)N1CCc2ccccc21. The summed E-state index contributed by atoms with van der Waals surface area (Å²) in [5, 5.41) is 2.47. The Bertz CT molecular complexity index is 403. The minimum Gasteiger partial charge on any atom is -0.367 e. The molecule has 18 heavy (non-hydrogen) atoms. The molecule has 100 valence electrons. The van der Waals surface area contributed by atoms with Crippen molar-refractivity contribution in [3.8, 4) is 0 Å². The molecule has 1 aromatic carbocycles. The first-order valence-electron chi connectivity index (χ1n) is 6.09. The fraction of sp³-hybridized carbons (Fsp3) is 0.538. The number of benzene rings is 1. The second-order valence-corrected chi connectivity index (χ2v) is 4.67. The molecule has 0 radical (unpaired) electrons. The lowest BCUT2D eigenvalue weighted by atomic mass is 10.2. The molecule has 0 saturated carbocycles. The molecule has 1 unspecified atom stereocenters. The number of anilines is 1. The van der Waals surface area contributed by atoms with Crippen LogP contribution in [0.1, 0.15) is 12.5 Å². The van der Waals surface area contributed by atoms with Crippen LogP contribution in [0.25, 0.3) is 0 Å². The molecule has 1 heterocycles. The zero-order valence-corrected chi connectivity index (χ0v) is 10.3. The molecule has 1 aromatic rings. The van der Waals surface area contributed by atoms with Gasteiger partial charge >= 0.3 is 6.18 Å². The fourth-order valence-corrected chi connectivity index (χ4v) is 2.35. The minimum absolute atomic E-state index is 0.0657. The van der Waals surface area contributed by atoms with Crippen molar-refractivity contribution in [3.05, 3.63) is 29.8 Å². The molecule has 0 saturated heterocycles. The number of nitrogens with one attached hydrogen (secondary N) is 1. The lowest BCUT2D eigenvalue weighted by molar-refractivity contribution is -0.124. The van der Waals surface area contributed by atoms with Gasteiger partial charge in [0.15, 0.2) is 0 Å². The Labute approximate surface area is 105 Å². The summed E-state index contributed by atoms with van der Waals surface area (Å²) in [5.74, 6) is 0. The van der Waals surface area contributed by atoms with Gasteiger partial charge in [-0.3, -0.25) is 0 Å². The summed E-state index contributed by atoms with van der Waals surface area (Å²) in [4.78, 5) is 2.17. The topological polar surface area (TPSA) is 15.3 Å². The summed E-state index contributed by atoms with van der Waals surface area (Å²) in [5.41, 5.74) is 2.43. The average Bonchev–Trinajstić information content (AvgIpc) is 2.70. The maximum atomic E-state index is 12.0. The van der Waals surface area contributed by atoms with Crippen molar-refractivity contribution in [2.45, 2.75) is 25.6 Å². The van der Waals surface area contributed by atoms with Crippen LogP contribution in [0.2, 0.25) is 0 Å². The summed E-state index contributed by atoms with van der Waals surface area (Å²) in [6, 6.07) is 8.13. The Morgan fingerprint density at radius 1 is 1.33 bits per heavy atom. The van der Waals surface area contributed by atoms with Gasteiger partial charge in [-0.15, -0.1) is 0 Å². The highest BCUT2D eigenvalue weighted by Crippen LogP contribution is 2.28. The van der Waals surface area contributed by atoms with E-state index in [9.17, 15) is 13.2 Å². The molecule has 5 heteroatoms. The van der Waals surface area contributed by atoms with E-state index in [1.807, 2.05) is 25.1 Å². The van der Waals surface area contributed by atoms with Crippen LogP contribution in [-0.4, -0.2) is 31.9 Å². The molecular weight excluding hydrogens is 241 g/mol. The molecular formula is C13H17F3N2. The first-order valence-corrected chi connectivity index (χ1v) is 6.09. The smallest absolute Gasteiger partial charge is 0.367 e. The van der Waals surface area contributed by atoms with E-state index in [4.69, 9.17) is 0 Å². The van der Waals surface area contributed by atoms with Crippen LogP contribution >= 0.6 is 0 Å². The van der Waals surface area contributed by atoms with Crippen molar-refractivity contribution < 1.29 is 13.2 Å². The lowest BCUT2D eigenvalue weighted by Crippen LogP contribution is -2.42. The first-order chi connectivity index (χ1) is 8.47. The number of alkyl halides is 3. The third-order valence-corrected chi connectivity index (χ3v) is 3.22. The van der Waals surface area contributed by atoms with Gasteiger partial charge in [-0.25, -0.2) is 0 Å². The highest BCUT2D eigenvalue weighted by molar-refractivity contribution is 5.58. The number of rotatable bonds is 4. The van der Waals surface area contributed by atoms with Crippen LogP contribution < -0.4 is 10.2 Å². The van der Waals surface area contributed by atoms with Gasteiger partial charge in [0, 0.05) is 24.8 Å². The molecule has 0 fully saturated rings. The van der Waals surface area contributed by atoms with Crippen molar-refractivity contribution in [3.63, 3.8) is 0 Å². The number of fused-ring (bicyclic) bond motifs is 1. The third kappa shape index (κ3) is 3.16. The predicted molar refractivity (Wildman–Crippen MR) is 65.9 cm³/mol. The van der Waals surface area contributed by atoms with Gasteiger partial charge in [-0.1, -0.05) is 18.2 Å². The van der Waals surface area contributed by atoms with Gasteiger partial charge in [0.2, 0.25) is 0 Å². The van der Waals surface area contributed by atoms with E-state index in [2.05, 4.69) is 16.3 Å². The second kappa shape index (κ2) is 5.18. The van der Waals surface area contributed by atoms with E-state index in [-0.39, 0.29) is 6.04 Å². The Morgan fingerprint density at radius 3 is 2.78 bits per heavy atom. The van der Waals surface area contributed by atoms with Crippen LogP contribution in [0.3, 0.4) is 0 Å². The van der Waals surface area contributed by atoms with Crippen LogP contribution in [0.5, 0.6) is 0 Å². The van der Waals surface area contributed by atoms with E-state index >= 15 is 0 Å². The fourth-order valence-electron chi connectivity index (χ4n) is 2.35. The van der Waals surface area contributed by atoms with Gasteiger partial charge in [0.25, 0.3) is 0 Å². The highest BCUT2D eigenvalue weighted by atomic mass is 19.4. The summed E-state index contributed by atoms with van der Waals surface area (Å²) >= 11 is 0. The zero-order chi connectivity index (χ0) is 13.2. The summed E-state index contributed by atoms with van der Waals surface area (Å²) in [7, 11) is 0. The van der Waals surface area contributed by atoms with Gasteiger partial charge in [0.1, 0.15) is 0 Å². The standard InChI is InChI=1S/C13H17F3N2/c1-10(8-17-9-13(14,15)16)18-7-6-11-4-2-3-5-12(11)18/h2-5,10,17H,6-9H2,1H3. The monoisotopic (exact) mass is 258 g/mol. The largest absolute Gasteiger partial charge is 0.401 e. The van der Waals surface area contributed by atoms with Crippen molar-refractivity contribution in [1.82, 2.24) is 5.32 Å². The molecule has 1 N–H and O–H groups in total. The van der Waals surface area contributed by atoms with Crippen molar-refractivity contribution in [1.29, 1.82) is 0 Å². The average molecular weight is 258 g/mol. The summed E-state index contributed by atoms with van der Waals surface area (Å²) < 4.78 is 36.1. The summed E-state index contributed by atoms with van der Waals surface area (Å²) in [6.45, 7) is 2.25. The van der Waals surface area contributed by atoms with Crippen LogP contribution in [0.15, 0.2) is 24.3 Å².